The van der Waals surface area contributed by atoms with Gasteiger partial charge in [0.25, 0.3) is 0 Å². The summed E-state index contributed by atoms with van der Waals surface area (Å²) < 4.78 is 17.2. The second kappa shape index (κ2) is 5.32. The third kappa shape index (κ3) is 4.16. The molecule has 0 rings (SSSR count). The zero-order valence-electron chi connectivity index (χ0n) is 6.59. The number of hydrogen-bond acceptors (Lipinski definition) is 3. The number of carbonyl (C=O) groups is 1. The highest BCUT2D eigenvalue weighted by molar-refractivity contribution is 5.85. The van der Waals surface area contributed by atoms with E-state index in [1.807, 2.05) is 0 Å². The number of rotatable bonds is 3. The molecule has 11 heavy (non-hydrogen) atoms. The molecule has 0 fully saturated rings. The van der Waals surface area contributed by atoms with Crippen LogP contribution >= 0.6 is 12.4 Å². The highest BCUT2D eigenvalue weighted by Gasteiger charge is 2.32. The molecule has 0 heterocycles. The van der Waals surface area contributed by atoms with Gasteiger partial charge in [-0.15, -0.1) is 12.4 Å². The molecule has 0 saturated carbocycles. The Morgan fingerprint density at radius 2 is 2.18 bits per heavy atom. The molecule has 0 radical (unpaired) electrons. The first-order valence-corrected chi connectivity index (χ1v) is 3.10. The minimum atomic E-state index is -2.03. The van der Waals surface area contributed by atoms with Crippen LogP contribution in [0.4, 0.5) is 4.39 Å². The fourth-order valence-corrected chi connectivity index (χ4v) is 0.365. The largest absolute Gasteiger partial charge is 0.464 e. The third-order valence-corrected chi connectivity index (χ3v) is 1.08. The molecule has 2 N–H and O–H groups in total. The van der Waals surface area contributed by atoms with E-state index in [-0.39, 0.29) is 25.6 Å². The molecule has 0 spiro atoms. The number of carbonyl (C=O) groups excluding carboxylic acids is 1. The van der Waals surface area contributed by atoms with E-state index in [2.05, 4.69) is 4.74 Å². The summed E-state index contributed by atoms with van der Waals surface area (Å²) in [6.07, 6.45) is 0. The summed E-state index contributed by atoms with van der Waals surface area (Å²) in [6, 6.07) is 0. The van der Waals surface area contributed by atoms with Gasteiger partial charge in [-0.1, -0.05) is 0 Å². The third-order valence-electron chi connectivity index (χ3n) is 1.08. The Morgan fingerprint density at radius 3 is 2.45 bits per heavy atom. The molecule has 68 valence electrons. The maximum absolute atomic E-state index is 12.8. The van der Waals surface area contributed by atoms with Crippen molar-refractivity contribution < 1.29 is 13.9 Å². The van der Waals surface area contributed by atoms with Crippen LogP contribution in [0.3, 0.4) is 0 Å². The van der Waals surface area contributed by atoms with Crippen molar-refractivity contribution in [1.29, 1.82) is 0 Å². The van der Waals surface area contributed by atoms with Crippen molar-refractivity contribution in [2.75, 3.05) is 13.2 Å². The molecule has 0 aliphatic rings. The molecule has 3 nitrogen and oxygen atoms in total. The van der Waals surface area contributed by atoms with Crippen molar-refractivity contribution in [2.45, 2.75) is 19.5 Å². The fraction of sp³-hybridized carbons (Fsp3) is 0.833. The summed E-state index contributed by atoms with van der Waals surface area (Å²) in [7, 11) is 0. The summed E-state index contributed by atoms with van der Waals surface area (Å²) in [5, 5.41) is 0. The highest BCUT2D eigenvalue weighted by atomic mass is 35.5. The Bertz CT molecular complexity index is 130. The maximum atomic E-state index is 12.8. The quantitative estimate of drug-likeness (QED) is 0.658. The van der Waals surface area contributed by atoms with Crippen molar-refractivity contribution in [2.24, 2.45) is 5.73 Å². The number of alkyl halides is 1. The standard InChI is InChI=1S/C6H12FNO2.ClH/c1-3-10-5(9)6(2,7)4-8;/h3-4,8H2,1-2H3;1H. The lowest BCUT2D eigenvalue weighted by molar-refractivity contribution is -0.155. The smallest absolute Gasteiger partial charge is 0.344 e. The number of hydrogen-bond donors (Lipinski definition) is 1. The second-order valence-electron chi connectivity index (χ2n) is 2.12. The molecule has 0 aromatic heterocycles. The predicted octanol–water partition coefficient (Wildman–Crippen LogP) is 0.658. The molecule has 0 aliphatic heterocycles. The molecule has 0 bridgehead atoms. The Hall–Kier alpha value is -0.350. The number of ether oxygens (including phenoxy) is 1. The fourth-order valence-electron chi connectivity index (χ4n) is 0.365. The van der Waals surface area contributed by atoms with Gasteiger partial charge in [-0.25, -0.2) is 9.18 Å². The van der Waals surface area contributed by atoms with E-state index in [1.165, 1.54) is 0 Å². The van der Waals surface area contributed by atoms with E-state index < -0.39 is 11.6 Å². The molecule has 0 aromatic carbocycles. The zero-order valence-corrected chi connectivity index (χ0v) is 7.41. The van der Waals surface area contributed by atoms with Crippen LogP contribution in [0.5, 0.6) is 0 Å². The average molecular weight is 186 g/mol. The minimum absolute atomic E-state index is 0. The molecule has 1 unspecified atom stereocenters. The molecular weight excluding hydrogens is 173 g/mol. The maximum Gasteiger partial charge on any atom is 0.344 e. The van der Waals surface area contributed by atoms with Crippen molar-refractivity contribution in [3.8, 4) is 0 Å². The highest BCUT2D eigenvalue weighted by Crippen LogP contribution is 2.09. The molecule has 1 atom stereocenters. The lowest BCUT2D eigenvalue weighted by Crippen LogP contribution is -2.39. The summed E-state index contributed by atoms with van der Waals surface area (Å²) >= 11 is 0. The van der Waals surface area contributed by atoms with E-state index in [1.54, 1.807) is 6.92 Å². The van der Waals surface area contributed by atoms with Crippen LogP contribution in [-0.4, -0.2) is 24.8 Å². The molecule has 0 aliphatic carbocycles. The summed E-state index contributed by atoms with van der Waals surface area (Å²) in [6.45, 7) is 2.56. The summed E-state index contributed by atoms with van der Waals surface area (Å²) in [5.41, 5.74) is 2.93. The number of esters is 1. The van der Waals surface area contributed by atoms with Gasteiger partial charge in [-0.05, 0) is 13.8 Å². The molecule has 5 heteroatoms. The van der Waals surface area contributed by atoms with Crippen LogP contribution in [0.2, 0.25) is 0 Å². The summed E-state index contributed by atoms with van der Waals surface area (Å²) in [4.78, 5) is 10.6. The van der Waals surface area contributed by atoms with Crippen LogP contribution < -0.4 is 5.73 Å². The van der Waals surface area contributed by atoms with E-state index >= 15 is 0 Å². The zero-order chi connectivity index (χ0) is 8.20. The van der Waals surface area contributed by atoms with E-state index in [0.29, 0.717) is 0 Å². The first-order chi connectivity index (χ1) is 4.54. The van der Waals surface area contributed by atoms with Crippen LogP contribution in [0.25, 0.3) is 0 Å². The van der Waals surface area contributed by atoms with Gasteiger partial charge >= 0.3 is 5.97 Å². The Morgan fingerprint density at radius 1 is 1.73 bits per heavy atom. The normalized spacial score (nSPS) is 14.5. The van der Waals surface area contributed by atoms with Crippen molar-refractivity contribution in [3.63, 3.8) is 0 Å². The van der Waals surface area contributed by atoms with Gasteiger partial charge in [-0.3, -0.25) is 0 Å². The van der Waals surface area contributed by atoms with Crippen LogP contribution in [0.1, 0.15) is 13.8 Å². The lowest BCUT2D eigenvalue weighted by atomic mass is 10.1. The van der Waals surface area contributed by atoms with Crippen LogP contribution in [0, 0.1) is 0 Å². The van der Waals surface area contributed by atoms with E-state index in [9.17, 15) is 9.18 Å². The SMILES string of the molecule is CCOC(=O)C(C)(F)CN.Cl. The summed E-state index contributed by atoms with van der Waals surface area (Å²) in [5.74, 6) is -0.891. The molecular formula is C6H13ClFNO2. The van der Waals surface area contributed by atoms with E-state index in [4.69, 9.17) is 5.73 Å². The van der Waals surface area contributed by atoms with E-state index in [0.717, 1.165) is 6.92 Å². The number of halogens is 2. The van der Waals surface area contributed by atoms with Crippen molar-refractivity contribution >= 4 is 18.4 Å². The number of nitrogens with two attached hydrogens (primary N) is 1. The van der Waals surface area contributed by atoms with Crippen molar-refractivity contribution in [1.82, 2.24) is 0 Å². The Labute approximate surface area is 71.5 Å². The van der Waals surface area contributed by atoms with Crippen LogP contribution in [0.15, 0.2) is 0 Å². The lowest BCUT2D eigenvalue weighted by Gasteiger charge is -2.14. The van der Waals surface area contributed by atoms with Gasteiger partial charge in [0, 0.05) is 6.54 Å². The van der Waals surface area contributed by atoms with Gasteiger partial charge in [0.2, 0.25) is 5.67 Å². The Kier molecular flexibility index (Phi) is 6.41. The van der Waals surface area contributed by atoms with Gasteiger partial charge in [0.05, 0.1) is 6.61 Å². The topological polar surface area (TPSA) is 52.3 Å². The molecule has 0 amide bonds. The molecule has 0 aromatic rings. The van der Waals surface area contributed by atoms with Gasteiger partial charge in [0.15, 0.2) is 0 Å². The predicted molar refractivity (Wildman–Crippen MR) is 42.4 cm³/mol. The monoisotopic (exact) mass is 185 g/mol. The minimum Gasteiger partial charge on any atom is -0.464 e. The van der Waals surface area contributed by atoms with Gasteiger partial charge in [0.1, 0.15) is 0 Å². The van der Waals surface area contributed by atoms with Gasteiger partial charge < -0.3 is 10.5 Å². The Balaban J connectivity index is 0. The molecule has 0 saturated heterocycles. The average Bonchev–Trinajstić information content (AvgIpc) is 1.89. The van der Waals surface area contributed by atoms with Crippen molar-refractivity contribution in [3.05, 3.63) is 0 Å². The van der Waals surface area contributed by atoms with Gasteiger partial charge in [-0.2, -0.15) is 0 Å². The first kappa shape index (κ1) is 13.3. The first-order valence-electron chi connectivity index (χ1n) is 3.10. The van der Waals surface area contributed by atoms with Crippen LogP contribution in [-0.2, 0) is 9.53 Å². The second-order valence-corrected chi connectivity index (χ2v) is 2.12.